The summed E-state index contributed by atoms with van der Waals surface area (Å²) in [5, 5.41) is 11.4. The number of carboxylic acid groups (broad SMARTS) is 1. The normalized spacial score (nSPS) is 32.0. The first-order chi connectivity index (χ1) is 5.93. The Kier molecular flexibility index (Phi) is 2.75. The van der Waals surface area contributed by atoms with Crippen molar-refractivity contribution in [3.8, 4) is 0 Å². The molecule has 1 saturated carbocycles. The number of hydrogen-bond donors (Lipinski definition) is 2. The zero-order valence-electron chi connectivity index (χ0n) is 7.43. The van der Waals surface area contributed by atoms with Gasteiger partial charge in [0.15, 0.2) is 0 Å². The Morgan fingerprint density at radius 2 is 2.00 bits per heavy atom. The third kappa shape index (κ3) is 1.83. The maximum absolute atomic E-state index is 12.6. The van der Waals surface area contributed by atoms with E-state index in [2.05, 4.69) is 5.32 Å². The molecule has 0 aromatic carbocycles. The maximum Gasteiger partial charge on any atom is 0.320 e. The van der Waals surface area contributed by atoms with Crippen LogP contribution < -0.4 is 5.32 Å². The molecule has 0 aromatic heterocycles. The molecule has 14 heavy (non-hydrogen) atoms. The molecule has 2 N–H and O–H groups in total. The highest BCUT2D eigenvalue weighted by atomic mass is 35.5. The zero-order valence-corrected chi connectivity index (χ0v) is 8.24. The van der Waals surface area contributed by atoms with Crippen LogP contribution in [0.25, 0.3) is 0 Å². The molecular formula is C8H12ClF2NO2. The topological polar surface area (TPSA) is 49.3 Å². The number of rotatable bonds is 1. The van der Waals surface area contributed by atoms with Crippen LogP contribution in [0.3, 0.4) is 0 Å². The van der Waals surface area contributed by atoms with Crippen molar-refractivity contribution < 1.29 is 18.7 Å². The van der Waals surface area contributed by atoms with Gasteiger partial charge in [-0.1, -0.05) is 0 Å². The molecule has 1 spiro atoms. The Labute approximate surface area is 86.3 Å². The monoisotopic (exact) mass is 227 g/mol. The van der Waals surface area contributed by atoms with Gasteiger partial charge in [0, 0.05) is 19.4 Å². The van der Waals surface area contributed by atoms with Gasteiger partial charge in [0.05, 0.1) is 0 Å². The van der Waals surface area contributed by atoms with Crippen molar-refractivity contribution in [3.05, 3.63) is 0 Å². The van der Waals surface area contributed by atoms with Gasteiger partial charge in [0.2, 0.25) is 5.92 Å². The molecule has 1 atom stereocenters. The van der Waals surface area contributed by atoms with Crippen molar-refractivity contribution in [2.75, 3.05) is 6.54 Å². The number of carboxylic acids is 1. The quantitative estimate of drug-likeness (QED) is 0.709. The van der Waals surface area contributed by atoms with E-state index >= 15 is 0 Å². The second-order valence-corrected chi connectivity index (χ2v) is 4.19. The van der Waals surface area contributed by atoms with Crippen LogP contribution >= 0.6 is 12.4 Å². The fraction of sp³-hybridized carbons (Fsp3) is 0.875. The van der Waals surface area contributed by atoms with Crippen molar-refractivity contribution in [1.82, 2.24) is 5.32 Å². The summed E-state index contributed by atoms with van der Waals surface area (Å²) in [6.45, 7) is 0.416. The Bertz CT molecular complexity index is 252. The second kappa shape index (κ2) is 3.31. The summed E-state index contributed by atoms with van der Waals surface area (Å²) in [6, 6.07) is -0.629. The third-order valence-corrected chi connectivity index (χ3v) is 2.93. The number of carbonyl (C=O) groups is 1. The Balaban J connectivity index is 0.000000980. The highest BCUT2D eigenvalue weighted by molar-refractivity contribution is 5.85. The molecule has 0 bridgehead atoms. The van der Waals surface area contributed by atoms with E-state index in [1.807, 2.05) is 0 Å². The first-order valence-corrected chi connectivity index (χ1v) is 4.27. The Morgan fingerprint density at radius 3 is 2.36 bits per heavy atom. The molecule has 2 fully saturated rings. The van der Waals surface area contributed by atoms with E-state index in [0.717, 1.165) is 0 Å². The number of alkyl halides is 2. The molecule has 2 aliphatic rings. The summed E-state index contributed by atoms with van der Waals surface area (Å²) in [5.74, 6) is -3.50. The molecule has 0 aromatic rings. The minimum Gasteiger partial charge on any atom is -0.480 e. The van der Waals surface area contributed by atoms with Crippen molar-refractivity contribution in [2.45, 2.75) is 31.2 Å². The average Bonchev–Trinajstić information content (AvgIpc) is 2.29. The van der Waals surface area contributed by atoms with E-state index in [1.165, 1.54) is 0 Å². The lowest BCUT2D eigenvalue weighted by Gasteiger charge is -2.44. The molecular weight excluding hydrogens is 216 g/mol. The van der Waals surface area contributed by atoms with Crippen LogP contribution in [0.1, 0.15) is 19.3 Å². The van der Waals surface area contributed by atoms with Crippen LogP contribution in [0.4, 0.5) is 8.78 Å². The van der Waals surface area contributed by atoms with Crippen LogP contribution in [0.2, 0.25) is 0 Å². The smallest absolute Gasteiger partial charge is 0.320 e. The lowest BCUT2D eigenvalue weighted by Crippen LogP contribution is -2.47. The fourth-order valence-corrected chi connectivity index (χ4v) is 2.41. The third-order valence-electron chi connectivity index (χ3n) is 2.93. The van der Waals surface area contributed by atoms with Gasteiger partial charge in [-0.05, 0) is 11.8 Å². The largest absolute Gasteiger partial charge is 0.480 e. The molecule has 1 aliphatic heterocycles. The van der Waals surface area contributed by atoms with Gasteiger partial charge >= 0.3 is 5.97 Å². The van der Waals surface area contributed by atoms with E-state index in [-0.39, 0.29) is 25.2 Å². The van der Waals surface area contributed by atoms with Gasteiger partial charge in [-0.15, -0.1) is 12.4 Å². The van der Waals surface area contributed by atoms with Crippen LogP contribution in [0, 0.1) is 5.41 Å². The molecule has 82 valence electrons. The van der Waals surface area contributed by atoms with Crippen molar-refractivity contribution in [1.29, 1.82) is 0 Å². The van der Waals surface area contributed by atoms with Crippen LogP contribution in [0.15, 0.2) is 0 Å². The van der Waals surface area contributed by atoms with E-state index in [4.69, 9.17) is 5.11 Å². The zero-order chi connectivity index (χ0) is 9.69. The fourth-order valence-electron chi connectivity index (χ4n) is 2.41. The van der Waals surface area contributed by atoms with Crippen molar-refractivity contribution in [2.24, 2.45) is 5.41 Å². The predicted molar refractivity (Wildman–Crippen MR) is 47.9 cm³/mol. The summed E-state index contributed by atoms with van der Waals surface area (Å²) in [4.78, 5) is 10.5. The molecule has 2 rings (SSSR count). The van der Waals surface area contributed by atoms with Gasteiger partial charge < -0.3 is 10.4 Å². The van der Waals surface area contributed by atoms with E-state index < -0.39 is 23.3 Å². The predicted octanol–water partition coefficient (Wildman–Crippen LogP) is 1.27. The molecule has 0 amide bonds. The summed E-state index contributed by atoms with van der Waals surface area (Å²) >= 11 is 0. The summed E-state index contributed by atoms with van der Waals surface area (Å²) in [7, 11) is 0. The maximum atomic E-state index is 12.6. The number of aliphatic carboxylic acids is 1. The lowest BCUT2D eigenvalue weighted by molar-refractivity contribution is -0.156. The van der Waals surface area contributed by atoms with Gasteiger partial charge in [-0.2, -0.15) is 0 Å². The Hall–Kier alpha value is -0.420. The van der Waals surface area contributed by atoms with E-state index in [9.17, 15) is 13.6 Å². The molecule has 3 nitrogen and oxygen atoms in total. The van der Waals surface area contributed by atoms with Crippen molar-refractivity contribution in [3.63, 3.8) is 0 Å². The van der Waals surface area contributed by atoms with Crippen LogP contribution in [0.5, 0.6) is 0 Å². The van der Waals surface area contributed by atoms with Gasteiger partial charge in [0.1, 0.15) is 6.04 Å². The molecule has 1 saturated heterocycles. The number of nitrogens with one attached hydrogen (secondary N) is 1. The minimum atomic E-state index is -2.56. The molecule has 1 aliphatic carbocycles. The molecule has 0 radical (unpaired) electrons. The standard InChI is InChI=1S/C8H11F2NO2.ClH/c9-8(10)2-7(3-8)1-5(6(12)13)11-4-7;/h5,11H,1-4H2,(H,12,13);1H/t5-;/m0./s1. The first kappa shape index (κ1) is 11.7. The second-order valence-electron chi connectivity index (χ2n) is 4.19. The SMILES string of the molecule is Cl.O=C(O)[C@@H]1CC2(CN1)CC(F)(F)C2. The van der Waals surface area contributed by atoms with E-state index in [1.54, 1.807) is 0 Å². The highest BCUT2D eigenvalue weighted by Crippen LogP contribution is 2.55. The van der Waals surface area contributed by atoms with Gasteiger partial charge in [-0.25, -0.2) is 8.78 Å². The van der Waals surface area contributed by atoms with Gasteiger partial charge in [-0.3, -0.25) is 4.79 Å². The van der Waals surface area contributed by atoms with E-state index in [0.29, 0.717) is 13.0 Å². The average molecular weight is 228 g/mol. The summed E-state index contributed by atoms with van der Waals surface area (Å²) in [5.41, 5.74) is -0.438. The van der Waals surface area contributed by atoms with Gasteiger partial charge in [0.25, 0.3) is 0 Å². The molecule has 1 heterocycles. The Morgan fingerprint density at radius 1 is 1.43 bits per heavy atom. The highest BCUT2D eigenvalue weighted by Gasteiger charge is 2.59. The minimum absolute atomic E-state index is 0. The number of halogens is 3. The first-order valence-electron chi connectivity index (χ1n) is 4.27. The van der Waals surface area contributed by atoms with Crippen molar-refractivity contribution >= 4 is 18.4 Å². The molecule has 0 unspecified atom stereocenters. The molecule has 6 heteroatoms. The number of hydrogen-bond acceptors (Lipinski definition) is 2. The lowest BCUT2D eigenvalue weighted by atomic mass is 9.65. The summed E-state index contributed by atoms with van der Waals surface area (Å²) < 4.78 is 25.2. The van der Waals surface area contributed by atoms with Crippen LogP contribution in [-0.2, 0) is 4.79 Å². The summed E-state index contributed by atoms with van der Waals surface area (Å²) in [6.07, 6.45) is 0.0332. The van der Waals surface area contributed by atoms with Crippen LogP contribution in [-0.4, -0.2) is 29.6 Å².